The first-order chi connectivity index (χ1) is 10.7. The van der Waals surface area contributed by atoms with E-state index in [-0.39, 0.29) is 11.6 Å². The highest BCUT2D eigenvalue weighted by Crippen LogP contribution is 2.33. The number of piperidine rings is 1. The third-order valence-corrected chi connectivity index (χ3v) is 4.24. The predicted molar refractivity (Wildman–Crippen MR) is 81.8 cm³/mol. The Bertz CT molecular complexity index is 849. The second kappa shape index (κ2) is 5.01. The normalized spacial score (nSPS) is 19.0. The highest BCUT2D eigenvalue weighted by Gasteiger charge is 2.28. The Hall–Kier alpha value is -2.57. The van der Waals surface area contributed by atoms with Crippen molar-refractivity contribution in [1.29, 1.82) is 0 Å². The Labute approximate surface area is 126 Å². The third kappa shape index (κ3) is 2.01. The Morgan fingerprint density at radius 3 is 3.14 bits per heavy atom. The zero-order chi connectivity index (χ0) is 15.1. The number of nitrogens with one attached hydrogen (secondary N) is 1. The largest absolute Gasteiger partial charge is 0.467 e. The summed E-state index contributed by atoms with van der Waals surface area (Å²) in [7, 11) is 1.79. The minimum absolute atomic E-state index is 0.109. The van der Waals surface area contributed by atoms with Crippen molar-refractivity contribution < 1.29 is 4.42 Å². The van der Waals surface area contributed by atoms with Crippen LogP contribution in [-0.2, 0) is 7.05 Å². The van der Waals surface area contributed by atoms with Gasteiger partial charge in [0.25, 0.3) is 5.56 Å². The zero-order valence-electron chi connectivity index (χ0n) is 12.3. The summed E-state index contributed by atoms with van der Waals surface area (Å²) in [4.78, 5) is 21.9. The molecule has 0 saturated carbocycles. The van der Waals surface area contributed by atoms with Crippen LogP contribution in [-0.4, -0.2) is 26.3 Å². The molecule has 0 spiro atoms. The SMILES string of the molecule is Cn1ncc2c(=O)[nH]c(N3CCCCC3c3ccco3)nc21. The fourth-order valence-corrected chi connectivity index (χ4v) is 3.12. The van der Waals surface area contributed by atoms with E-state index in [1.165, 1.54) is 0 Å². The molecular formula is C15H17N5O2. The fourth-order valence-electron chi connectivity index (χ4n) is 3.12. The van der Waals surface area contributed by atoms with Gasteiger partial charge in [-0.1, -0.05) is 0 Å². The maximum Gasteiger partial charge on any atom is 0.263 e. The van der Waals surface area contributed by atoms with Crippen molar-refractivity contribution in [2.75, 3.05) is 11.4 Å². The standard InChI is InChI=1S/C15H17N5O2/c1-19-13-10(9-16-19)14(21)18-15(17-13)20-7-3-2-5-11(20)12-6-4-8-22-12/h4,6,8-9,11H,2-3,5,7H2,1H3,(H,17,18,21). The van der Waals surface area contributed by atoms with Crippen LogP contribution in [0.1, 0.15) is 31.1 Å². The highest BCUT2D eigenvalue weighted by atomic mass is 16.3. The smallest absolute Gasteiger partial charge is 0.263 e. The van der Waals surface area contributed by atoms with Crippen molar-refractivity contribution >= 4 is 17.0 Å². The summed E-state index contributed by atoms with van der Waals surface area (Å²) in [6.07, 6.45) is 6.43. The number of nitrogens with zero attached hydrogens (tertiary/aromatic N) is 4. The molecule has 1 N–H and O–H groups in total. The average Bonchev–Trinajstić information content (AvgIpc) is 3.18. The van der Waals surface area contributed by atoms with Gasteiger partial charge in [0.15, 0.2) is 5.65 Å². The molecule has 4 heterocycles. The molecule has 0 radical (unpaired) electrons. The Morgan fingerprint density at radius 1 is 1.41 bits per heavy atom. The number of anilines is 1. The van der Waals surface area contributed by atoms with Gasteiger partial charge in [0.2, 0.25) is 5.95 Å². The van der Waals surface area contributed by atoms with E-state index in [9.17, 15) is 4.79 Å². The second-order valence-electron chi connectivity index (χ2n) is 5.62. The molecule has 22 heavy (non-hydrogen) atoms. The van der Waals surface area contributed by atoms with Crippen LogP contribution in [0.3, 0.4) is 0 Å². The second-order valence-corrected chi connectivity index (χ2v) is 5.62. The summed E-state index contributed by atoms with van der Waals surface area (Å²) in [5.41, 5.74) is 0.444. The van der Waals surface area contributed by atoms with Gasteiger partial charge < -0.3 is 9.32 Å². The van der Waals surface area contributed by atoms with E-state index < -0.39 is 0 Å². The molecule has 7 heteroatoms. The summed E-state index contributed by atoms with van der Waals surface area (Å²) >= 11 is 0. The van der Waals surface area contributed by atoms with Gasteiger partial charge in [-0.15, -0.1) is 0 Å². The van der Waals surface area contributed by atoms with Crippen molar-refractivity contribution in [3.63, 3.8) is 0 Å². The number of aromatic amines is 1. The molecule has 3 aromatic heterocycles. The van der Waals surface area contributed by atoms with Gasteiger partial charge in [0.05, 0.1) is 18.5 Å². The maximum atomic E-state index is 12.2. The molecule has 7 nitrogen and oxygen atoms in total. The first-order valence-corrected chi connectivity index (χ1v) is 7.46. The summed E-state index contributed by atoms with van der Waals surface area (Å²) in [5, 5.41) is 4.62. The van der Waals surface area contributed by atoms with Gasteiger partial charge in [-0.2, -0.15) is 10.1 Å². The molecule has 0 amide bonds. The van der Waals surface area contributed by atoms with Crippen LogP contribution in [0.25, 0.3) is 11.0 Å². The Balaban J connectivity index is 1.82. The molecule has 1 fully saturated rings. The summed E-state index contributed by atoms with van der Waals surface area (Å²) in [5.74, 6) is 1.50. The number of aryl methyl sites for hydroxylation is 1. The van der Waals surface area contributed by atoms with Crippen LogP contribution in [0.2, 0.25) is 0 Å². The van der Waals surface area contributed by atoms with Gasteiger partial charge >= 0.3 is 0 Å². The van der Waals surface area contributed by atoms with Crippen molar-refractivity contribution in [2.45, 2.75) is 25.3 Å². The highest BCUT2D eigenvalue weighted by molar-refractivity contribution is 5.74. The molecule has 1 aliphatic rings. The van der Waals surface area contributed by atoms with Gasteiger partial charge in [-0.25, -0.2) is 0 Å². The van der Waals surface area contributed by atoms with E-state index in [2.05, 4.69) is 20.0 Å². The number of H-pyrrole nitrogens is 1. The van der Waals surface area contributed by atoms with Crippen molar-refractivity contribution in [2.24, 2.45) is 7.05 Å². The molecule has 1 aliphatic heterocycles. The van der Waals surface area contributed by atoms with E-state index in [0.29, 0.717) is 17.0 Å². The number of furan rings is 1. The lowest BCUT2D eigenvalue weighted by Crippen LogP contribution is -2.35. The minimum atomic E-state index is -0.156. The topological polar surface area (TPSA) is 80.0 Å². The van der Waals surface area contributed by atoms with Crippen LogP contribution < -0.4 is 10.5 Å². The molecule has 0 bridgehead atoms. The zero-order valence-corrected chi connectivity index (χ0v) is 12.3. The van der Waals surface area contributed by atoms with E-state index in [4.69, 9.17) is 4.42 Å². The number of rotatable bonds is 2. The average molecular weight is 299 g/mol. The molecule has 1 atom stereocenters. The summed E-state index contributed by atoms with van der Waals surface area (Å²) in [6, 6.07) is 3.98. The van der Waals surface area contributed by atoms with Crippen LogP contribution in [0.4, 0.5) is 5.95 Å². The number of fused-ring (bicyclic) bond motifs is 1. The third-order valence-electron chi connectivity index (χ3n) is 4.24. The lowest BCUT2D eigenvalue weighted by Gasteiger charge is -2.34. The van der Waals surface area contributed by atoms with E-state index in [0.717, 1.165) is 31.6 Å². The van der Waals surface area contributed by atoms with E-state index in [1.807, 2.05) is 12.1 Å². The van der Waals surface area contributed by atoms with Crippen molar-refractivity contribution in [1.82, 2.24) is 19.7 Å². The van der Waals surface area contributed by atoms with Gasteiger partial charge in [0, 0.05) is 13.6 Å². The monoisotopic (exact) mass is 299 g/mol. The Kier molecular flexibility index (Phi) is 2.99. The molecule has 0 aliphatic carbocycles. The molecular weight excluding hydrogens is 282 g/mol. The van der Waals surface area contributed by atoms with E-state index in [1.54, 1.807) is 24.2 Å². The van der Waals surface area contributed by atoms with Crippen LogP contribution >= 0.6 is 0 Å². The number of hydrogen-bond donors (Lipinski definition) is 1. The van der Waals surface area contributed by atoms with Gasteiger partial charge in [0.1, 0.15) is 11.1 Å². The van der Waals surface area contributed by atoms with E-state index >= 15 is 0 Å². The lowest BCUT2D eigenvalue weighted by atomic mass is 10.0. The minimum Gasteiger partial charge on any atom is -0.467 e. The van der Waals surface area contributed by atoms with Crippen LogP contribution in [0.15, 0.2) is 33.8 Å². The number of hydrogen-bond acceptors (Lipinski definition) is 5. The Morgan fingerprint density at radius 2 is 2.32 bits per heavy atom. The van der Waals surface area contributed by atoms with Crippen LogP contribution in [0, 0.1) is 0 Å². The van der Waals surface area contributed by atoms with Crippen molar-refractivity contribution in [3.05, 3.63) is 40.7 Å². The van der Waals surface area contributed by atoms with Gasteiger partial charge in [-0.05, 0) is 31.4 Å². The van der Waals surface area contributed by atoms with Crippen molar-refractivity contribution in [3.8, 4) is 0 Å². The molecule has 1 unspecified atom stereocenters. The predicted octanol–water partition coefficient (Wildman–Crippen LogP) is 1.98. The summed E-state index contributed by atoms with van der Waals surface area (Å²) < 4.78 is 7.20. The number of aromatic nitrogens is 4. The van der Waals surface area contributed by atoms with Crippen LogP contribution in [0.5, 0.6) is 0 Å². The quantitative estimate of drug-likeness (QED) is 0.782. The lowest BCUT2D eigenvalue weighted by molar-refractivity contribution is 0.387. The molecule has 3 aromatic rings. The maximum absolute atomic E-state index is 12.2. The molecule has 4 rings (SSSR count). The first-order valence-electron chi connectivity index (χ1n) is 7.46. The molecule has 0 aromatic carbocycles. The van der Waals surface area contributed by atoms with Gasteiger partial charge in [-0.3, -0.25) is 14.5 Å². The molecule has 114 valence electrons. The molecule has 1 saturated heterocycles. The summed E-state index contributed by atoms with van der Waals surface area (Å²) in [6.45, 7) is 0.845. The first kappa shape index (κ1) is 13.1. The fraction of sp³-hybridized carbons (Fsp3) is 0.400.